The number of aliphatic hydroxyl groups is 1. The average molecular weight is 304 g/mol. The molecule has 0 aliphatic rings. The zero-order chi connectivity index (χ0) is 15.4. The molecule has 0 heterocycles. The van der Waals surface area contributed by atoms with E-state index in [1.54, 1.807) is 12.1 Å². The van der Waals surface area contributed by atoms with Crippen LogP contribution in [0.25, 0.3) is 0 Å². The summed E-state index contributed by atoms with van der Waals surface area (Å²) in [5.41, 5.74) is 4.29. The predicted octanol–water partition coefficient (Wildman–Crippen LogP) is 3.74. The Kier molecular flexibility index (Phi) is 4.99. The molecule has 2 rings (SSSR count). The van der Waals surface area contributed by atoms with Gasteiger partial charge < -0.3 is 10.4 Å². The van der Waals surface area contributed by atoms with E-state index in [1.165, 1.54) is 0 Å². The molecule has 0 saturated heterocycles. The highest BCUT2D eigenvalue weighted by molar-refractivity contribution is 6.34. The molecule has 2 aromatic carbocycles. The summed E-state index contributed by atoms with van der Waals surface area (Å²) in [4.78, 5) is 12.3. The normalized spacial score (nSPS) is 10.5. The number of nitrogens with one attached hydrogen (secondary N) is 1. The number of benzene rings is 2. The van der Waals surface area contributed by atoms with E-state index in [2.05, 4.69) is 5.32 Å². The molecule has 2 N–H and O–H groups in total. The number of carbonyl (C=O) groups is 1. The molecule has 0 aromatic heterocycles. The quantitative estimate of drug-likeness (QED) is 0.904. The predicted molar refractivity (Wildman–Crippen MR) is 86.1 cm³/mol. The van der Waals surface area contributed by atoms with Crippen LogP contribution in [0.3, 0.4) is 0 Å². The highest BCUT2D eigenvalue weighted by atomic mass is 35.5. The molecule has 110 valence electrons. The van der Waals surface area contributed by atoms with Crippen LogP contribution < -0.4 is 5.32 Å². The van der Waals surface area contributed by atoms with Gasteiger partial charge in [-0.15, -0.1) is 0 Å². The number of carbonyl (C=O) groups excluding carboxylic acids is 1. The minimum atomic E-state index is -0.224. The maximum absolute atomic E-state index is 12.3. The molecule has 0 radical (unpaired) electrons. The molecule has 4 heteroatoms. The SMILES string of the molecule is Cc1cc(Cl)c(C(=O)Nc2ccc(CCO)cc2)cc1C. The van der Waals surface area contributed by atoms with Crippen molar-refractivity contribution in [3.05, 3.63) is 63.7 Å². The van der Waals surface area contributed by atoms with E-state index in [0.29, 0.717) is 22.7 Å². The largest absolute Gasteiger partial charge is 0.396 e. The Bertz CT molecular complexity index is 651. The second-order valence-electron chi connectivity index (χ2n) is 5.04. The third-order valence-electron chi connectivity index (χ3n) is 3.44. The van der Waals surface area contributed by atoms with Gasteiger partial charge in [0.25, 0.3) is 5.91 Å². The molecule has 0 unspecified atom stereocenters. The van der Waals surface area contributed by atoms with Gasteiger partial charge >= 0.3 is 0 Å². The van der Waals surface area contributed by atoms with Crippen LogP contribution in [0.1, 0.15) is 27.0 Å². The van der Waals surface area contributed by atoms with E-state index >= 15 is 0 Å². The van der Waals surface area contributed by atoms with Crippen LogP contribution in [0.4, 0.5) is 5.69 Å². The van der Waals surface area contributed by atoms with Crippen molar-refractivity contribution in [1.29, 1.82) is 0 Å². The van der Waals surface area contributed by atoms with Crippen molar-refractivity contribution in [2.24, 2.45) is 0 Å². The fourth-order valence-corrected chi connectivity index (χ4v) is 2.34. The van der Waals surface area contributed by atoms with Crippen LogP contribution in [0.15, 0.2) is 36.4 Å². The van der Waals surface area contributed by atoms with Crippen molar-refractivity contribution >= 4 is 23.2 Å². The van der Waals surface area contributed by atoms with E-state index in [0.717, 1.165) is 16.7 Å². The van der Waals surface area contributed by atoms with Gasteiger partial charge in [-0.05, 0) is 61.2 Å². The van der Waals surface area contributed by atoms with Gasteiger partial charge in [0.15, 0.2) is 0 Å². The summed E-state index contributed by atoms with van der Waals surface area (Å²) in [5.74, 6) is -0.224. The van der Waals surface area contributed by atoms with Gasteiger partial charge in [0.1, 0.15) is 0 Å². The lowest BCUT2D eigenvalue weighted by atomic mass is 10.1. The number of aryl methyl sites for hydroxylation is 2. The van der Waals surface area contributed by atoms with Gasteiger partial charge in [0.2, 0.25) is 0 Å². The third-order valence-corrected chi connectivity index (χ3v) is 3.75. The highest BCUT2D eigenvalue weighted by Gasteiger charge is 2.12. The molecule has 0 aliphatic carbocycles. The zero-order valence-corrected chi connectivity index (χ0v) is 12.9. The number of hydrogen-bond donors (Lipinski definition) is 2. The Morgan fingerprint density at radius 3 is 2.38 bits per heavy atom. The Labute approximate surface area is 129 Å². The van der Waals surface area contributed by atoms with Crippen LogP contribution in [0, 0.1) is 13.8 Å². The standard InChI is InChI=1S/C17H18ClNO2/c1-11-9-15(16(18)10-12(11)2)17(21)19-14-5-3-13(4-6-14)7-8-20/h3-6,9-10,20H,7-8H2,1-2H3,(H,19,21). The Balaban J connectivity index is 2.16. The van der Waals surface area contributed by atoms with Crippen molar-refractivity contribution in [1.82, 2.24) is 0 Å². The number of rotatable bonds is 4. The Morgan fingerprint density at radius 2 is 1.76 bits per heavy atom. The molecule has 0 saturated carbocycles. The summed E-state index contributed by atoms with van der Waals surface area (Å²) < 4.78 is 0. The molecule has 3 nitrogen and oxygen atoms in total. The number of anilines is 1. The lowest BCUT2D eigenvalue weighted by Crippen LogP contribution is -2.13. The lowest BCUT2D eigenvalue weighted by molar-refractivity contribution is 0.102. The van der Waals surface area contributed by atoms with Crippen LogP contribution in [0.2, 0.25) is 5.02 Å². The zero-order valence-electron chi connectivity index (χ0n) is 12.1. The van der Waals surface area contributed by atoms with Crippen molar-refractivity contribution < 1.29 is 9.90 Å². The van der Waals surface area contributed by atoms with Gasteiger partial charge in [-0.2, -0.15) is 0 Å². The summed E-state index contributed by atoms with van der Waals surface area (Å²) >= 11 is 6.14. The molecule has 0 spiro atoms. The molecule has 0 aliphatic heterocycles. The van der Waals surface area contributed by atoms with Gasteiger partial charge in [0.05, 0.1) is 10.6 Å². The van der Waals surface area contributed by atoms with Gasteiger partial charge in [0, 0.05) is 12.3 Å². The number of halogens is 1. The molecule has 1 amide bonds. The van der Waals surface area contributed by atoms with Crippen LogP contribution in [0.5, 0.6) is 0 Å². The molecular weight excluding hydrogens is 286 g/mol. The Hall–Kier alpha value is -1.84. The van der Waals surface area contributed by atoms with Crippen molar-refractivity contribution in [2.45, 2.75) is 20.3 Å². The summed E-state index contributed by atoms with van der Waals surface area (Å²) in [5, 5.41) is 12.2. The topological polar surface area (TPSA) is 49.3 Å². The molecule has 0 fully saturated rings. The second kappa shape index (κ2) is 6.74. The number of aliphatic hydroxyl groups excluding tert-OH is 1. The summed E-state index contributed by atoms with van der Waals surface area (Å²) in [6.45, 7) is 4.03. The monoisotopic (exact) mass is 303 g/mol. The smallest absolute Gasteiger partial charge is 0.257 e. The molecule has 2 aromatic rings. The highest BCUT2D eigenvalue weighted by Crippen LogP contribution is 2.22. The number of hydrogen-bond acceptors (Lipinski definition) is 2. The first-order chi connectivity index (χ1) is 10.0. The second-order valence-corrected chi connectivity index (χ2v) is 5.45. The van der Waals surface area contributed by atoms with E-state index in [9.17, 15) is 4.79 Å². The van der Waals surface area contributed by atoms with Gasteiger partial charge in [-0.3, -0.25) is 4.79 Å². The van der Waals surface area contributed by atoms with Crippen LogP contribution in [-0.4, -0.2) is 17.6 Å². The van der Waals surface area contributed by atoms with Crippen LogP contribution >= 0.6 is 11.6 Å². The van der Waals surface area contributed by atoms with E-state index in [1.807, 2.05) is 38.1 Å². The molecule has 0 bridgehead atoms. The fourth-order valence-electron chi connectivity index (χ4n) is 2.04. The third kappa shape index (κ3) is 3.84. The fraction of sp³-hybridized carbons (Fsp3) is 0.235. The van der Waals surface area contributed by atoms with E-state index in [4.69, 9.17) is 16.7 Å². The maximum atomic E-state index is 12.3. The maximum Gasteiger partial charge on any atom is 0.257 e. The first-order valence-corrected chi connectivity index (χ1v) is 7.17. The minimum absolute atomic E-state index is 0.115. The van der Waals surface area contributed by atoms with Crippen molar-refractivity contribution in [2.75, 3.05) is 11.9 Å². The van der Waals surface area contributed by atoms with Gasteiger partial charge in [-0.25, -0.2) is 0 Å². The Morgan fingerprint density at radius 1 is 1.14 bits per heavy atom. The molecule has 0 atom stereocenters. The van der Waals surface area contributed by atoms with E-state index in [-0.39, 0.29) is 12.5 Å². The first kappa shape index (κ1) is 15.5. The molecular formula is C17H18ClNO2. The summed E-state index contributed by atoms with van der Waals surface area (Å²) in [6, 6.07) is 11.0. The number of amides is 1. The van der Waals surface area contributed by atoms with Crippen molar-refractivity contribution in [3.63, 3.8) is 0 Å². The average Bonchev–Trinajstić information content (AvgIpc) is 2.45. The summed E-state index contributed by atoms with van der Waals surface area (Å²) in [7, 11) is 0. The van der Waals surface area contributed by atoms with Gasteiger partial charge in [-0.1, -0.05) is 23.7 Å². The van der Waals surface area contributed by atoms with Crippen LogP contribution in [-0.2, 0) is 6.42 Å². The minimum Gasteiger partial charge on any atom is -0.396 e. The summed E-state index contributed by atoms with van der Waals surface area (Å²) in [6.07, 6.45) is 0.608. The molecule has 21 heavy (non-hydrogen) atoms. The van der Waals surface area contributed by atoms with Crippen molar-refractivity contribution in [3.8, 4) is 0 Å². The van der Waals surface area contributed by atoms with E-state index < -0.39 is 0 Å². The lowest BCUT2D eigenvalue weighted by Gasteiger charge is -2.10. The first-order valence-electron chi connectivity index (χ1n) is 6.79.